The lowest BCUT2D eigenvalue weighted by Gasteiger charge is -1.89. The van der Waals surface area contributed by atoms with Crippen LogP contribution in [0.4, 0.5) is 0 Å². The van der Waals surface area contributed by atoms with Gasteiger partial charge in [-0.25, -0.2) is 0 Å². The molecular formula is C9H5NO2. The first-order valence-electron chi connectivity index (χ1n) is 3.41. The molecule has 0 fully saturated rings. The summed E-state index contributed by atoms with van der Waals surface area (Å²) in [5, 5.41) is 18.4. The van der Waals surface area contributed by atoms with Crippen molar-refractivity contribution in [3.05, 3.63) is 30.0 Å². The highest BCUT2D eigenvalue weighted by Gasteiger charge is 2.04. The number of aromatic hydroxyl groups is 1. The van der Waals surface area contributed by atoms with Crippen LogP contribution in [0.2, 0.25) is 0 Å². The van der Waals surface area contributed by atoms with Crippen molar-refractivity contribution in [1.82, 2.24) is 0 Å². The SMILES string of the molecule is N#Cc1coc2cc(O)ccc12. The summed E-state index contributed by atoms with van der Waals surface area (Å²) in [7, 11) is 0. The number of furan rings is 1. The summed E-state index contributed by atoms with van der Waals surface area (Å²) in [5.41, 5.74) is 1.02. The van der Waals surface area contributed by atoms with Gasteiger partial charge >= 0.3 is 0 Å². The lowest BCUT2D eigenvalue weighted by Crippen LogP contribution is -1.68. The third-order valence-corrected chi connectivity index (χ3v) is 1.68. The molecule has 0 spiro atoms. The molecule has 2 aromatic rings. The minimum Gasteiger partial charge on any atom is -0.508 e. The molecule has 0 aliphatic heterocycles. The number of fused-ring (bicyclic) bond motifs is 1. The number of benzene rings is 1. The first kappa shape index (κ1) is 6.74. The predicted octanol–water partition coefficient (Wildman–Crippen LogP) is 2.01. The van der Waals surface area contributed by atoms with Crippen LogP contribution in [-0.2, 0) is 0 Å². The van der Waals surface area contributed by atoms with Gasteiger partial charge in [-0.05, 0) is 12.1 Å². The number of phenolic OH excluding ortho intramolecular Hbond substituents is 1. The van der Waals surface area contributed by atoms with Crippen LogP contribution in [-0.4, -0.2) is 5.11 Å². The maximum Gasteiger partial charge on any atom is 0.138 e. The van der Waals surface area contributed by atoms with Crippen LogP contribution in [0.25, 0.3) is 11.0 Å². The number of hydrogen-bond donors (Lipinski definition) is 1. The molecule has 0 radical (unpaired) electrons. The third-order valence-electron chi connectivity index (χ3n) is 1.68. The molecule has 0 atom stereocenters. The Balaban J connectivity index is 2.84. The van der Waals surface area contributed by atoms with E-state index < -0.39 is 0 Å². The van der Waals surface area contributed by atoms with E-state index in [1.54, 1.807) is 6.07 Å². The number of nitrogens with zero attached hydrogens (tertiary/aromatic N) is 1. The van der Waals surface area contributed by atoms with Gasteiger partial charge in [0.15, 0.2) is 0 Å². The topological polar surface area (TPSA) is 57.2 Å². The van der Waals surface area contributed by atoms with Crippen molar-refractivity contribution in [2.45, 2.75) is 0 Å². The Morgan fingerprint density at radius 2 is 2.25 bits per heavy atom. The molecule has 0 amide bonds. The molecule has 0 saturated carbocycles. The summed E-state index contributed by atoms with van der Waals surface area (Å²) in [6.07, 6.45) is 1.38. The molecule has 0 aliphatic carbocycles. The Labute approximate surface area is 68.5 Å². The van der Waals surface area contributed by atoms with E-state index in [-0.39, 0.29) is 5.75 Å². The van der Waals surface area contributed by atoms with Gasteiger partial charge in [-0.15, -0.1) is 0 Å². The monoisotopic (exact) mass is 159 g/mol. The fourth-order valence-corrected chi connectivity index (χ4v) is 1.10. The van der Waals surface area contributed by atoms with Crippen LogP contribution in [0.5, 0.6) is 5.75 Å². The van der Waals surface area contributed by atoms with Crippen molar-refractivity contribution in [1.29, 1.82) is 5.26 Å². The molecule has 58 valence electrons. The lowest BCUT2D eigenvalue weighted by molar-refractivity contribution is 0.474. The second kappa shape index (κ2) is 2.28. The molecule has 1 aromatic carbocycles. The van der Waals surface area contributed by atoms with Crippen LogP contribution < -0.4 is 0 Å². The van der Waals surface area contributed by atoms with Crippen LogP contribution in [0.3, 0.4) is 0 Å². The highest BCUT2D eigenvalue weighted by atomic mass is 16.3. The predicted molar refractivity (Wildman–Crippen MR) is 42.6 cm³/mol. The van der Waals surface area contributed by atoms with Crippen LogP contribution >= 0.6 is 0 Å². The summed E-state index contributed by atoms with van der Waals surface area (Å²) in [4.78, 5) is 0. The van der Waals surface area contributed by atoms with E-state index >= 15 is 0 Å². The minimum absolute atomic E-state index is 0.140. The molecule has 0 unspecified atom stereocenters. The fraction of sp³-hybridized carbons (Fsp3) is 0. The van der Waals surface area contributed by atoms with Crippen LogP contribution in [0, 0.1) is 11.3 Å². The van der Waals surface area contributed by atoms with E-state index in [2.05, 4.69) is 0 Å². The van der Waals surface area contributed by atoms with E-state index in [4.69, 9.17) is 14.8 Å². The molecule has 12 heavy (non-hydrogen) atoms. The van der Waals surface area contributed by atoms with Gasteiger partial charge in [0.2, 0.25) is 0 Å². The van der Waals surface area contributed by atoms with Crippen molar-refractivity contribution in [2.24, 2.45) is 0 Å². The maximum absolute atomic E-state index is 9.07. The maximum atomic E-state index is 9.07. The van der Waals surface area contributed by atoms with Crippen molar-refractivity contribution in [3.8, 4) is 11.8 Å². The average molecular weight is 159 g/mol. The number of nitriles is 1. The lowest BCUT2D eigenvalue weighted by atomic mass is 10.2. The van der Waals surface area contributed by atoms with Gasteiger partial charge in [-0.2, -0.15) is 5.26 Å². The molecule has 1 N–H and O–H groups in total. The Hall–Kier alpha value is -1.95. The summed E-state index contributed by atoms with van der Waals surface area (Å²) >= 11 is 0. The number of phenols is 1. The minimum atomic E-state index is 0.140. The van der Waals surface area contributed by atoms with E-state index in [1.807, 2.05) is 6.07 Å². The molecule has 0 bridgehead atoms. The molecule has 3 heteroatoms. The van der Waals surface area contributed by atoms with Gasteiger partial charge in [0.25, 0.3) is 0 Å². The van der Waals surface area contributed by atoms with Gasteiger partial charge in [0.05, 0.1) is 5.56 Å². The molecular weight excluding hydrogens is 154 g/mol. The first-order chi connectivity index (χ1) is 5.81. The largest absolute Gasteiger partial charge is 0.508 e. The molecule has 0 saturated heterocycles. The van der Waals surface area contributed by atoms with E-state index in [0.717, 1.165) is 5.39 Å². The zero-order chi connectivity index (χ0) is 8.55. The molecule has 3 nitrogen and oxygen atoms in total. The zero-order valence-electron chi connectivity index (χ0n) is 6.11. The van der Waals surface area contributed by atoms with Gasteiger partial charge in [0, 0.05) is 11.5 Å². The summed E-state index contributed by atoms with van der Waals surface area (Å²) in [5.74, 6) is 0.140. The standard InChI is InChI=1S/C9H5NO2/c10-4-6-5-12-9-3-7(11)1-2-8(6)9/h1-3,5,11H. The summed E-state index contributed by atoms with van der Waals surface area (Å²) in [6, 6.07) is 6.66. The van der Waals surface area contributed by atoms with E-state index in [0.29, 0.717) is 11.1 Å². The molecule has 2 rings (SSSR count). The number of hydrogen-bond acceptors (Lipinski definition) is 3. The zero-order valence-corrected chi connectivity index (χ0v) is 6.11. The first-order valence-corrected chi connectivity index (χ1v) is 3.41. The van der Waals surface area contributed by atoms with Gasteiger partial charge in [-0.1, -0.05) is 0 Å². The molecule has 1 heterocycles. The second-order valence-corrected chi connectivity index (χ2v) is 2.44. The second-order valence-electron chi connectivity index (χ2n) is 2.44. The highest BCUT2D eigenvalue weighted by Crippen LogP contribution is 2.23. The Kier molecular flexibility index (Phi) is 1.28. The molecule has 1 aromatic heterocycles. The highest BCUT2D eigenvalue weighted by molar-refractivity contribution is 5.84. The van der Waals surface area contributed by atoms with Gasteiger partial charge < -0.3 is 9.52 Å². The Morgan fingerprint density at radius 3 is 3.00 bits per heavy atom. The Morgan fingerprint density at radius 1 is 1.42 bits per heavy atom. The molecule has 0 aliphatic rings. The van der Waals surface area contributed by atoms with Crippen molar-refractivity contribution >= 4 is 11.0 Å². The smallest absolute Gasteiger partial charge is 0.138 e. The third kappa shape index (κ3) is 0.823. The van der Waals surface area contributed by atoms with Gasteiger partial charge in [-0.3, -0.25) is 0 Å². The van der Waals surface area contributed by atoms with Gasteiger partial charge in [0.1, 0.15) is 23.7 Å². The van der Waals surface area contributed by atoms with E-state index in [1.165, 1.54) is 18.4 Å². The normalized spacial score (nSPS) is 9.92. The average Bonchev–Trinajstić information content (AvgIpc) is 2.46. The van der Waals surface area contributed by atoms with Crippen molar-refractivity contribution < 1.29 is 9.52 Å². The van der Waals surface area contributed by atoms with Crippen LogP contribution in [0.15, 0.2) is 28.9 Å². The van der Waals surface area contributed by atoms with Crippen LogP contribution in [0.1, 0.15) is 5.56 Å². The summed E-state index contributed by atoms with van der Waals surface area (Å²) < 4.78 is 5.04. The Bertz CT molecular complexity index is 465. The summed E-state index contributed by atoms with van der Waals surface area (Å²) in [6.45, 7) is 0. The van der Waals surface area contributed by atoms with Crippen molar-refractivity contribution in [3.63, 3.8) is 0 Å². The van der Waals surface area contributed by atoms with E-state index in [9.17, 15) is 0 Å². The number of rotatable bonds is 0. The quantitative estimate of drug-likeness (QED) is 0.639. The fourth-order valence-electron chi connectivity index (χ4n) is 1.10. The van der Waals surface area contributed by atoms with Crippen molar-refractivity contribution in [2.75, 3.05) is 0 Å².